The lowest BCUT2D eigenvalue weighted by Crippen LogP contribution is -1.82. The second-order valence-electron chi connectivity index (χ2n) is 6.17. The molecule has 0 spiro atoms. The van der Waals surface area contributed by atoms with Crippen LogP contribution in [0, 0.1) is 13.8 Å². The number of aryl methyl sites for hydroxylation is 4. The minimum atomic E-state index is 1.15. The summed E-state index contributed by atoms with van der Waals surface area (Å²) in [4.78, 5) is 0. The Labute approximate surface area is 154 Å². The normalized spacial score (nSPS) is 9.28. The van der Waals surface area contributed by atoms with E-state index < -0.39 is 0 Å². The fourth-order valence-electron chi connectivity index (χ4n) is 2.47. The van der Waals surface area contributed by atoms with E-state index in [0.29, 0.717) is 0 Å². The van der Waals surface area contributed by atoms with Gasteiger partial charge in [-0.05, 0) is 43.4 Å². The van der Waals surface area contributed by atoms with Crippen LogP contribution in [0.4, 0.5) is 0 Å². The summed E-state index contributed by atoms with van der Waals surface area (Å²) in [5.74, 6) is 0. The average Bonchev–Trinajstić information content (AvgIpc) is 2.65. The monoisotopic (exact) mass is 332 g/mol. The van der Waals surface area contributed by atoms with Crippen LogP contribution in [-0.4, -0.2) is 0 Å². The molecule has 3 rings (SSSR count). The van der Waals surface area contributed by atoms with Gasteiger partial charge in [-0.15, -0.1) is 0 Å². The van der Waals surface area contributed by atoms with Crippen molar-refractivity contribution in [2.45, 2.75) is 47.0 Å². The highest BCUT2D eigenvalue weighted by molar-refractivity contribution is 5.25. The Morgan fingerprint density at radius 1 is 0.600 bits per heavy atom. The van der Waals surface area contributed by atoms with E-state index in [9.17, 15) is 0 Å². The van der Waals surface area contributed by atoms with Crippen molar-refractivity contribution in [2.75, 3.05) is 0 Å². The van der Waals surface area contributed by atoms with Gasteiger partial charge in [-0.3, -0.25) is 0 Å². The maximum atomic E-state index is 2.20. The SMILES string of the molecule is CCCc1ccccc1.CCc1ccccc1C.Cc1ccccc1. The van der Waals surface area contributed by atoms with Crippen molar-refractivity contribution in [2.24, 2.45) is 0 Å². The van der Waals surface area contributed by atoms with Gasteiger partial charge < -0.3 is 0 Å². The maximum Gasteiger partial charge on any atom is -0.0281 e. The third kappa shape index (κ3) is 9.52. The molecule has 0 saturated carbocycles. The van der Waals surface area contributed by atoms with E-state index in [0.717, 1.165) is 6.42 Å². The zero-order valence-corrected chi connectivity index (χ0v) is 16.2. The van der Waals surface area contributed by atoms with Crippen molar-refractivity contribution >= 4 is 0 Å². The van der Waals surface area contributed by atoms with Crippen LogP contribution in [-0.2, 0) is 12.8 Å². The molecule has 0 heterocycles. The van der Waals surface area contributed by atoms with Crippen LogP contribution in [0.25, 0.3) is 0 Å². The van der Waals surface area contributed by atoms with Crippen LogP contribution in [0.3, 0.4) is 0 Å². The standard InChI is InChI=1S/2C9H12.C7H8/c1-3-9-7-5-4-6-8(9)2;1-2-6-9-7-4-3-5-8-9;1-7-5-3-2-4-6-7/h4-7H,3H2,1-2H3;3-5,7-8H,2,6H2,1H3;2-6H,1H3. The van der Waals surface area contributed by atoms with Crippen molar-refractivity contribution < 1.29 is 0 Å². The van der Waals surface area contributed by atoms with E-state index in [2.05, 4.69) is 94.4 Å². The second kappa shape index (κ2) is 13.0. The number of hydrogen-bond donors (Lipinski definition) is 0. The molecule has 0 aliphatic rings. The van der Waals surface area contributed by atoms with Crippen LogP contribution in [0.1, 0.15) is 42.5 Å². The molecular weight excluding hydrogens is 300 g/mol. The summed E-state index contributed by atoms with van der Waals surface area (Å²) in [5, 5.41) is 0. The topological polar surface area (TPSA) is 0 Å². The first kappa shape index (κ1) is 20.7. The van der Waals surface area contributed by atoms with E-state index in [1.165, 1.54) is 35.1 Å². The highest BCUT2D eigenvalue weighted by Crippen LogP contribution is 2.06. The minimum absolute atomic E-state index is 1.15. The fraction of sp³-hybridized carbons (Fsp3) is 0.280. The molecule has 0 heteroatoms. The Morgan fingerprint density at radius 2 is 1.12 bits per heavy atom. The van der Waals surface area contributed by atoms with Crippen LogP contribution < -0.4 is 0 Å². The van der Waals surface area contributed by atoms with Crippen molar-refractivity contribution in [3.8, 4) is 0 Å². The Balaban J connectivity index is 0.000000189. The largest absolute Gasteiger partial charge is 0.0651 e. The third-order valence-corrected chi connectivity index (χ3v) is 3.96. The van der Waals surface area contributed by atoms with E-state index in [1.54, 1.807) is 0 Å². The van der Waals surface area contributed by atoms with E-state index in [-0.39, 0.29) is 0 Å². The van der Waals surface area contributed by atoms with Crippen LogP contribution in [0.5, 0.6) is 0 Å². The molecule has 25 heavy (non-hydrogen) atoms. The van der Waals surface area contributed by atoms with Gasteiger partial charge in [-0.2, -0.15) is 0 Å². The minimum Gasteiger partial charge on any atom is -0.0651 e. The smallest absolute Gasteiger partial charge is 0.0281 e. The van der Waals surface area contributed by atoms with Gasteiger partial charge >= 0.3 is 0 Å². The molecule has 0 bridgehead atoms. The van der Waals surface area contributed by atoms with E-state index in [1.807, 2.05) is 18.2 Å². The molecule has 132 valence electrons. The Morgan fingerprint density at radius 3 is 1.52 bits per heavy atom. The van der Waals surface area contributed by atoms with Gasteiger partial charge in [0.1, 0.15) is 0 Å². The molecule has 0 radical (unpaired) electrons. The van der Waals surface area contributed by atoms with Gasteiger partial charge in [0.15, 0.2) is 0 Å². The van der Waals surface area contributed by atoms with E-state index >= 15 is 0 Å². The van der Waals surface area contributed by atoms with Gasteiger partial charge in [0.25, 0.3) is 0 Å². The van der Waals surface area contributed by atoms with Gasteiger partial charge in [-0.1, -0.05) is 111 Å². The van der Waals surface area contributed by atoms with Gasteiger partial charge in [0.2, 0.25) is 0 Å². The quantitative estimate of drug-likeness (QED) is 0.476. The Bertz CT molecular complexity index is 669. The van der Waals surface area contributed by atoms with Gasteiger partial charge in [0.05, 0.1) is 0 Å². The summed E-state index contributed by atoms with van der Waals surface area (Å²) in [5.41, 5.74) is 5.63. The number of hydrogen-bond acceptors (Lipinski definition) is 0. The molecule has 0 amide bonds. The van der Waals surface area contributed by atoms with Crippen LogP contribution in [0.15, 0.2) is 84.9 Å². The molecular formula is C25H32. The summed E-state index contributed by atoms with van der Waals surface area (Å²) in [6.07, 6.45) is 3.59. The summed E-state index contributed by atoms with van der Waals surface area (Å²) < 4.78 is 0. The molecule has 3 aromatic carbocycles. The molecule has 0 nitrogen and oxygen atoms in total. The molecule has 0 N–H and O–H groups in total. The predicted molar refractivity (Wildman–Crippen MR) is 112 cm³/mol. The first-order chi connectivity index (χ1) is 12.2. The number of benzene rings is 3. The predicted octanol–water partition coefficient (Wildman–Crippen LogP) is 7.19. The molecule has 0 atom stereocenters. The average molecular weight is 333 g/mol. The highest BCUT2D eigenvalue weighted by atomic mass is 14.0. The van der Waals surface area contributed by atoms with Crippen molar-refractivity contribution in [1.82, 2.24) is 0 Å². The summed E-state index contributed by atoms with van der Waals surface area (Å²) >= 11 is 0. The lowest BCUT2D eigenvalue weighted by molar-refractivity contribution is 0.922. The summed E-state index contributed by atoms with van der Waals surface area (Å²) in [6, 6.07) is 29.3. The van der Waals surface area contributed by atoms with Gasteiger partial charge in [-0.25, -0.2) is 0 Å². The molecule has 0 fully saturated rings. The highest BCUT2D eigenvalue weighted by Gasteiger charge is 1.89. The number of rotatable bonds is 3. The van der Waals surface area contributed by atoms with Crippen molar-refractivity contribution in [3.63, 3.8) is 0 Å². The van der Waals surface area contributed by atoms with Crippen molar-refractivity contribution in [1.29, 1.82) is 0 Å². The maximum absolute atomic E-state index is 2.20. The first-order valence-electron chi connectivity index (χ1n) is 9.27. The van der Waals surface area contributed by atoms with Crippen LogP contribution in [0.2, 0.25) is 0 Å². The third-order valence-electron chi connectivity index (χ3n) is 3.96. The van der Waals surface area contributed by atoms with Crippen molar-refractivity contribution in [3.05, 3.63) is 107 Å². The van der Waals surface area contributed by atoms with Crippen LogP contribution >= 0.6 is 0 Å². The zero-order chi connectivity index (χ0) is 18.3. The fourth-order valence-corrected chi connectivity index (χ4v) is 2.47. The lowest BCUT2D eigenvalue weighted by atomic mass is 10.1. The summed E-state index contributed by atoms with van der Waals surface area (Å²) in [6.45, 7) is 8.62. The second-order valence-corrected chi connectivity index (χ2v) is 6.17. The Kier molecular flexibility index (Phi) is 10.8. The van der Waals surface area contributed by atoms with E-state index in [4.69, 9.17) is 0 Å². The van der Waals surface area contributed by atoms with Gasteiger partial charge in [0, 0.05) is 0 Å². The molecule has 0 aliphatic carbocycles. The first-order valence-corrected chi connectivity index (χ1v) is 9.27. The lowest BCUT2D eigenvalue weighted by Gasteiger charge is -1.98. The zero-order valence-electron chi connectivity index (χ0n) is 16.2. The molecule has 0 saturated heterocycles. The molecule has 0 aromatic heterocycles. The summed E-state index contributed by atoms with van der Waals surface area (Å²) in [7, 11) is 0. The molecule has 3 aromatic rings. The molecule has 0 aliphatic heterocycles. The Hall–Kier alpha value is -2.34. The molecule has 0 unspecified atom stereocenters.